The second-order valence-corrected chi connectivity index (χ2v) is 3.65. The fraction of sp³-hybridized carbons (Fsp3) is 0.636. The summed E-state index contributed by atoms with van der Waals surface area (Å²) in [5, 5.41) is 16.8. The zero-order valence-electron chi connectivity index (χ0n) is 10.9. The quantitative estimate of drug-likeness (QED) is 0.413. The monoisotopic (exact) mass is 292 g/mol. The van der Waals surface area contributed by atoms with Crippen molar-refractivity contribution in [1.29, 1.82) is 0 Å². The van der Waals surface area contributed by atoms with Gasteiger partial charge in [0.2, 0.25) is 0 Å². The van der Waals surface area contributed by atoms with E-state index in [-0.39, 0.29) is 19.4 Å². The molecular weight excluding hydrogens is 276 g/mol. The average Bonchev–Trinajstić information content (AvgIpc) is 2.34. The van der Waals surface area contributed by atoms with Gasteiger partial charge in [-0.1, -0.05) is 0 Å². The lowest BCUT2D eigenvalue weighted by Crippen LogP contribution is -2.29. The highest BCUT2D eigenvalue weighted by atomic mass is 16.7. The minimum Gasteiger partial charge on any atom is -0.481 e. The molecule has 0 atom stereocenters. The molecule has 0 aliphatic heterocycles. The van der Waals surface area contributed by atoms with Crippen LogP contribution in [0, 0.1) is 0 Å². The van der Waals surface area contributed by atoms with E-state index in [4.69, 9.17) is 19.7 Å². The standard InChI is InChI=1S/C11H16O9/c1-18-6-11(19-9(16)4-2-7(12)13)20-10(17)5-3-8(14)15/h11H,2-6H2,1H3,(H,12,13)(H,14,15). The van der Waals surface area contributed by atoms with E-state index in [1.807, 2.05) is 0 Å². The van der Waals surface area contributed by atoms with Gasteiger partial charge in [0.25, 0.3) is 6.29 Å². The summed E-state index contributed by atoms with van der Waals surface area (Å²) in [5.41, 5.74) is 0. The first-order chi connectivity index (χ1) is 9.35. The molecule has 0 saturated heterocycles. The highest BCUT2D eigenvalue weighted by Gasteiger charge is 2.20. The Morgan fingerprint density at radius 1 is 0.850 bits per heavy atom. The Bertz CT molecular complexity index is 331. The predicted octanol–water partition coefficient (Wildman–Crippen LogP) is -0.225. The van der Waals surface area contributed by atoms with Crippen molar-refractivity contribution in [2.75, 3.05) is 13.7 Å². The fourth-order valence-corrected chi connectivity index (χ4v) is 1.06. The third-order valence-electron chi connectivity index (χ3n) is 1.91. The normalized spacial score (nSPS) is 10.1. The molecule has 0 unspecified atom stereocenters. The Morgan fingerprint density at radius 3 is 1.55 bits per heavy atom. The van der Waals surface area contributed by atoms with Gasteiger partial charge >= 0.3 is 23.9 Å². The number of ether oxygens (including phenoxy) is 3. The Labute approximate surface area is 114 Å². The van der Waals surface area contributed by atoms with Gasteiger partial charge in [-0.2, -0.15) is 0 Å². The Morgan fingerprint density at radius 2 is 1.25 bits per heavy atom. The second kappa shape index (κ2) is 9.73. The van der Waals surface area contributed by atoms with Gasteiger partial charge in [-0.3, -0.25) is 19.2 Å². The van der Waals surface area contributed by atoms with Crippen molar-refractivity contribution in [1.82, 2.24) is 0 Å². The average molecular weight is 292 g/mol. The van der Waals surface area contributed by atoms with Crippen LogP contribution >= 0.6 is 0 Å². The number of carboxylic acids is 2. The molecule has 0 saturated carbocycles. The lowest BCUT2D eigenvalue weighted by Gasteiger charge is -2.17. The largest absolute Gasteiger partial charge is 0.481 e. The molecule has 9 heteroatoms. The van der Waals surface area contributed by atoms with Crippen molar-refractivity contribution in [3.63, 3.8) is 0 Å². The fourth-order valence-electron chi connectivity index (χ4n) is 1.06. The van der Waals surface area contributed by atoms with E-state index in [9.17, 15) is 19.2 Å². The number of hydrogen-bond donors (Lipinski definition) is 2. The van der Waals surface area contributed by atoms with E-state index in [0.29, 0.717) is 0 Å². The van der Waals surface area contributed by atoms with Crippen LogP contribution in [0.4, 0.5) is 0 Å². The van der Waals surface area contributed by atoms with Gasteiger partial charge in [0.15, 0.2) is 0 Å². The lowest BCUT2D eigenvalue weighted by atomic mass is 10.3. The van der Waals surface area contributed by atoms with Gasteiger partial charge in [-0.15, -0.1) is 0 Å². The summed E-state index contributed by atoms with van der Waals surface area (Å²) in [7, 11) is 1.28. The molecule has 20 heavy (non-hydrogen) atoms. The maximum absolute atomic E-state index is 11.3. The number of carboxylic acid groups (broad SMARTS) is 2. The number of rotatable bonds is 10. The van der Waals surface area contributed by atoms with Crippen molar-refractivity contribution >= 4 is 23.9 Å². The van der Waals surface area contributed by atoms with Gasteiger partial charge in [-0.05, 0) is 0 Å². The summed E-state index contributed by atoms with van der Waals surface area (Å²) in [6.07, 6.45) is -2.90. The first-order valence-corrected chi connectivity index (χ1v) is 5.66. The van der Waals surface area contributed by atoms with Crippen LogP contribution in [-0.4, -0.2) is 54.1 Å². The first kappa shape index (κ1) is 17.8. The number of carbonyl (C=O) groups excluding carboxylic acids is 2. The van der Waals surface area contributed by atoms with E-state index in [2.05, 4.69) is 4.74 Å². The van der Waals surface area contributed by atoms with Crippen LogP contribution in [0.5, 0.6) is 0 Å². The molecule has 0 aromatic heterocycles. The zero-order valence-corrected chi connectivity index (χ0v) is 10.9. The Kier molecular flexibility index (Phi) is 8.68. The van der Waals surface area contributed by atoms with Gasteiger partial charge in [0.05, 0.1) is 25.7 Å². The summed E-state index contributed by atoms with van der Waals surface area (Å²) >= 11 is 0. The van der Waals surface area contributed by atoms with Crippen LogP contribution in [0.3, 0.4) is 0 Å². The molecule has 0 bridgehead atoms. The third kappa shape index (κ3) is 9.83. The van der Waals surface area contributed by atoms with Gasteiger partial charge < -0.3 is 24.4 Å². The summed E-state index contributed by atoms with van der Waals surface area (Å²) in [5.74, 6) is -4.05. The van der Waals surface area contributed by atoms with Crippen LogP contribution in [0.1, 0.15) is 25.7 Å². The van der Waals surface area contributed by atoms with Gasteiger partial charge in [0.1, 0.15) is 6.61 Å². The molecule has 0 aliphatic carbocycles. The summed E-state index contributed by atoms with van der Waals surface area (Å²) in [6.45, 7) is -0.238. The van der Waals surface area contributed by atoms with E-state index < -0.39 is 43.0 Å². The second-order valence-electron chi connectivity index (χ2n) is 3.65. The molecule has 0 aromatic rings. The minimum absolute atomic E-state index is 0.238. The minimum atomic E-state index is -1.33. The van der Waals surface area contributed by atoms with Crippen molar-refractivity contribution in [2.45, 2.75) is 32.0 Å². The maximum atomic E-state index is 11.3. The topological polar surface area (TPSA) is 136 Å². The summed E-state index contributed by atoms with van der Waals surface area (Å²) in [6, 6.07) is 0. The van der Waals surface area contributed by atoms with E-state index in [0.717, 1.165) is 0 Å². The lowest BCUT2D eigenvalue weighted by molar-refractivity contribution is -0.196. The molecule has 9 nitrogen and oxygen atoms in total. The maximum Gasteiger partial charge on any atom is 0.309 e. The van der Waals surface area contributed by atoms with Crippen LogP contribution < -0.4 is 0 Å². The highest BCUT2D eigenvalue weighted by molar-refractivity contribution is 5.78. The molecule has 0 heterocycles. The van der Waals surface area contributed by atoms with Crippen LogP contribution in [-0.2, 0) is 33.4 Å². The van der Waals surface area contributed by atoms with E-state index >= 15 is 0 Å². The molecule has 0 fully saturated rings. The van der Waals surface area contributed by atoms with Crippen LogP contribution in [0.2, 0.25) is 0 Å². The van der Waals surface area contributed by atoms with Gasteiger partial charge in [-0.25, -0.2) is 0 Å². The molecule has 0 radical (unpaired) electrons. The molecule has 114 valence electrons. The number of methoxy groups -OCH3 is 1. The highest BCUT2D eigenvalue weighted by Crippen LogP contribution is 2.04. The van der Waals surface area contributed by atoms with Crippen molar-refractivity contribution < 1.29 is 43.6 Å². The molecule has 0 rings (SSSR count). The molecule has 0 aliphatic rings. The first-order valence-electron chi connectivity index (χ1n) is 5.66. The number of hydrogen-bond acceptors (Lipinski definition) is 7. The zero-order chi connectivity index (χ0) is 15.5. The molecule has 0 spiro atoms. The van der Waals surface area contributed by atoms with Crippen LogP contribution in [0.25, 0.3) is 0 Å². The SMILES string of the molecule is COCC(OC(=O)CCC(=O)O)OC(=O)CCC(=O)O. The molecule has 0 amide bonds. The van der Waals surface area contributed by atoms with Crippen molar-refractivity contribution in [3.8, 4) is 0 Å². The van der Waals surface area contributed by atoms with Crippen molar-refractivity contribution in [3.05, 3.63) is 0 Å². The van der Waals surface area contributed by atoms with Gasteiger partial charge in [0, 0.05) is 7.11 Å². The third-order valence-corrected chi connectivity index (χ3v) is 1.91. The number of esters is 2. The number of aliphatic carboxylic acids is 2. The van der Waals surface area contributed by atoms with Crippen LogP contribution in [0.15, 0.2) is 0 Å². The summed E-state index contributed by atoms with van der Waals surface area (Å²) < 4.78 is 14.1. The Balaban J connectivity index is 4.20. The molecule has 0 aromatic carbocycles. The van der Waals surface area contributed by atoms with E-state index in [1.165, 1.54) is 7.11 Å². The van der Waals surface area contributed by atoms with E-state index in [1.54, 1.807) is 0 Å². The molecular formula is C11H16O9. The Hall–Kier alpha value is -2.16. The summed E-state index contributed by atoms with van der Waals surface area (Å²) in [4.78, 5) is 43.0. The number of carbonyl (C=O) groups is 4. The predicted molar refractivity (Wildman–Crippen MR) is 61.6 cm³/mol. The van der Waals surface area contributed by atoms with Crippen molar-refractivity contribution in [2.24, 2.45) is 0 Å². The molecule has 2 N–H and O–H groups in total. The smallest absolute Gasteiger partial charge is 0.309 e.